The van der Waals surface area contributed by atoms with Gasteiger partial charge in [-0.15, -0.1) is 11.3 Å². The van der Waals surface area contributed by atoms with Crippen LogP contribution in [0, 0.1) is 0 Å². The van der Waals surface area contributed by atoms with Crippen molar-refractivity contribution in [1.29, 1.82) is 0 Å². The average molecular weight is 923 g/mol. The lowest BCUT2D eigenvalue weighted by atomic mass is 9.43. The van der Waals surface area contributed by atoms with Gasteiger partial charge in [0.15, 0.2) is 0 Å². The molecule has 4 heteroatoms. The average Bonchev–Trinajstić information content (AvgIpc) is 4.02. The Kier molecular flexibility index (Phi) is 7.66. The second kappa shape index (κ2) is 12.9. The van der Waals surface area contributed by atoms with Crippen molar-refractivity contribution >= 4 is 82.5 Å². The summed E-state index contributed by atoms with van der Waals surface area (Å²) < 4.78 is 5.56. The molecule has 342 valence electrons. The zero-order valence-corrected chi connectivity index (χ0v) is 43.3. The molecule has 0 atom stereocenters. The van der Waals surface area contributed by atoms with Crippen molar-refractivity contribution in [2.75, 3.05) is 4.81 Å². The van der Waals surface area contributed by atoms with Crippen molar-refractivity contribution in [3.8, 4) is 39.1 Å². The van der Waals surface area contributed by atoms with Crippen LogP contribution in [0.15, 0.2) is 133 Å². The third-order valence-electron chi connectivity index (χ3n) is 18.6. The monoisotopic (exact) mass is 922 g/mol. The molecule has 2 nitrogen and oxygen atoms in total. The largest absolute Gasteiger partial charge is 0.376 e. The molecular weight excluding hydrogens is 864 g/mol. The highest BCUT2D eigenvalue weighted by Gasteiger charge is 2.50. The summed E-state index contributed by atoms with van der Waals surface area (Å²) in [6.45, 7) is 26.7. The minimum absolute atomic E-state index is 0.0296. The van der Waals surface area contributed by atoms with Crippen molar-refractivity contribution < 1.29 is 0 Å². The second-order valence-electron chi connectivity index (χ2n) is 25.1. The zero-order chi connectivity index (χ0) is 47.9. The van der Waals surface area contributed by atoms with Gasteiger partial charge in [0, 0.05) is 70.0 Å². The third-order valence-corrected chi connectivity index (χ3v) is 19.8. The Morgan fingerprint density at radius 3 is 1.76 bits per heavy atom. The van der Waals surface area contributed by atoms with Crippen molar-refractivity contribution in [2.24, 2.45) is 0 Å². The van der Waals surface area contributed by atoms with Gasteiger partial charge in [-0.1, -0.05) is 161 Å². The van der Waals surface area contributed by atoms with Gasteiger partial charge < -0.3 is 9.38 Å². The Bertz CT molecular complexity index is 4050. The van der Waals surface area contributed by atoms with Crippen LogP contribution < -0.4 is 15.7 Å². The van der Waals surface area contributed by atoms with E-state index in [0.717, 1.165) is 0 Å². The molecule has 0 radical (unpaired) electrons. The molecule has 0 N–H and O–H groups in total. The number of anilines is 2. The quantitative estimate of drug-likeness (QED) is 0.149. The van der Waals surface area contributed by atoms with E-state index in [1.54, 1.807) is 0 Å². The molecule has 2 aromatic heterocycles. The Labute approximate surface area is 417 Å². The molecule has 0 unspecified atom stereocenters. The van der Waals surface area contributed by atoms with E-state index in [2.05, 4.69) is 219 Å². The number of aromatic nitrogens is 1. The topological polar surface area (TPSA) is 8.17 Å². The maximum Gasteiger partial charge on any atom is 0.333 e. The number of thiophene rings is 1. The van der Waals surface area contributed by atoms with Crippen LogP contribution in [0.2, 0.25) is 0 Å². The van der Waals surface area contributed by atoms with Gasteiger partial charge in [-0.05, 0) is 150 Å². The number of nitrogens with zero attached hydrogens (tertiary/aromatic N) is 2. The number of rotatable bonds is 1. The first kappa shape index (κ1) is 41.4. The fraction of sp³-hybridized carbons (Fsp3) is 0.273. The molecule has 4 heterocycles. The lowest BCUT2D eigenvalue weighted by molar-refractivity contribution is 0.332. The molecular formula is C66H59BN2S. The van der Waals surface area contributed by atoms with E-state index in [1.807, 2.05) is 11.3 Å². The van der Waals surface area contributed by atoms with Crippen molar-refractivity contribution in [3.05, 3.63) is 172 Å². The minimum atomic E-state index is -0.163. The normalized spacial score (nSPS) is 17.9. The minimum Gasteiger partial charge on any atom is -0.376 e. The van der Waals surface area contributed by atoms with Crippen LogP contribution in [0.4, 0.5) is 11.4 Å². The Morgan fingerprint density at radius 1 is 0.514 bits per heavy atom. The number of hydrogen-bond donors (Lipinski definition) is 0. The molecule has 0 fully saturated rings. The van der Waals surface area contributed by atoms with E-state index in [-0.39, 0.29) is 33.9 Å². The van der Waals surface area contributed by atoms with Gasteiger partial charge in [0.25, 0.3) is 0 Å². The highest BCUT2D eigenvalue weighted by molar-refractivity contribution is 7.27. The molecule has 0 bridgehead atoms. The summed E-state index contributed by atoms with van der Waals surface area (Å²) in [5, 5.41) is 5.59. The Balaban J connectivity index is 1.19. The summed E-state index contributed by atoms with van der Waals surface area (Å²) in [5.41, 5.74) is 27.5. The lowest BCUT2D eigenvalue weighted by Crippen LogP contribution is -2.60. The number of benzene rings is 8. The van der Waals surface area contributed by atoms with E-state index in [9.17, 15) is 0 Å². The van der Waals surface area contributed by atoms with Crippen molar-refractivity contribution in [2.45, 2.75) is 116 Å². The molecule has 0 spiro atoms. The molecule has 0 saturated carbocycles. The molecule has 2 aliphatic heterocycles. The molecule has 5 aliphatic rings. The maximum atomic E-state index is 2.79. The van der Waals surface area contributed by atoms with E-state index in [0.29, 0.717) is 0 Å². The van der Waals surface area contributed by atoms with Crippen molar-refractivity contribution in [3.63, 3.8) is 0 Å². The van der Waals surface area contributed by atoms with E-state index >= 15 is 0 Å². The summed E-state index contributed by atoms with van der Waals surface area (Å²) in [4.78, 5) is 2.79. The number of hydrogen-bond acceptors (Lipinski definition) is 2. The molecule has 70 heavy (non-hydrogen) atoms. The molecule has 10 aromatic rings. The van der Waals surface area contributed by atoms with Crippen LogP contribution in [-0.4, -0.2) is 11.4 Å². The van der Waals surface area contributed by atoms with Gasteiger partial charge in [0.05, 0.1) is 11.0 Å². The van der Waals surface area contributed by atoms with Gasteiger partial charge in [0.2, 0.25) is 0 Å². The Hall–Kier alpha value is -6.36. The number of fused-ring (bicyclic) bond motifs is 20. The predicted octanol–water partition coefficient (Wildman–Crippen LogP) is 16.6. The summed E-state index contributed by atoms with van der Waals surface area (Å²) >= 11 is 2.01. The van der Waals surface area contributed by atoms with Gasteiger partial charge >= 0.3 is 6.85 Å². The smallest absolute Gasteiger partial charge is 0.333 e. The first-order valence-electron chi connectivity index (χ1n) is 25.8. The first-order valence-corrected chi connectivity index (χ1v) is 26.7. The maximum absolute atomic E-state index is 2.79. The van der Waals surface area contributed by atoms with E-state index in [1.165, 1.54) is 155 Å². The van der Waals surface area contributed by atoms with Crippen LogP contribution in [0.5, 0.6) is 0 Å². The fourth-order valence-electron chi connectivity index (χ4n) is 14.6. The molecule has 3 aliphatic carbocycles. The molecule has 0 amide bonds. The highest BCUT2D eigenvalue weighted by Crippen LogP contribution is 2.59. The first-order chi connectivity index (χ1) is 33.4. The van der Waals surface area contributed by atoms with Crippen LogP contribution in [0.1, 0.15) is 128 Å². The van der Waals surface area contributed by atoms with Gasteiger partial charge in [0.1, 0.15) is 0 Å². The van der Waals surface area contributed by atoms with E-state index in [4.69, 9.17) is 0 Å². The molecule has 8 aromatic carbocycles. The predicted molar refractivity (Wildman–Crippen MR) is 302 cm³/mol. The Morgan fingerprint density at radius 2 is 1.10 bits per heavy atom. The standard InChI is InChI=1S/C66H59BN2S/c1-62(2,3)36-24-26-37(27-25-36)69-53-32-41-38-18-12-15-21-45(38)65(8,9)47(41)30-44(53)58-59-60-56(57-40-20-14-17-23-55(40)70-61(57)58)43-31-49-50(64(6,7)29-28-63(49,4)5)35-52(43)68(60)54-33-42-39-19-13-16-22-46(39)66(10,11)48(42)34-51(54)67(59)69/h12-27,30-35H,28-29H2,1-11H3. The molecule has 15 rings (SSSR count). The summed E-state index contributed by atoms with van der Waals surface area (Å²) in [7, 11) is 0. The van der Waals surface area contributed by atoms with Gasteiger partial charge in [-0.2, -0.15) is 0 Å². The van der Waals surface area contributed by atoms with Crippen LogP contribution in [0.3, 0.4) is 0 Å². The highest BCUT2D eigenvalue weighted by atomic mass is 32.1. The van der Waals surface area contributed by atoms with Gasteiger partial charge in [-0.25, -0.2) is 0 Å². The van der Waals surface area contributed by atoms with Crippen molar-refractivity contribution in [1.82, 2.24) is 4.57 Å². The SMILES string of the molecule is CC(C)(C)c1ccc(N2B3c4cc5c(cc4-n4c6cc7c(cc6c6c8c(sc9ccccc98)c(c3c64)-c3cc4c(cc32)-c2ccccc2C4(C)C)C(C)(C)CCC7(C)C)-c2ccccc2C5(C)C)cc1. The third kappa shape index (κ3) is 4.97. The summed E-state index contributed by atoms with van der Waals surface area (Å²) in [6, 6.07) is 53.3. The van der Waals surface area contributed by atoms with Gasteiger partial charge in [-0.3, -0.25) is 0 Å². The summed E-state index contributed by atoms with van der Waals surface area (Å²) in [6.07, 6.45) is 2.36. The fourth-order valence-corrected chi connectivity index (χ4v) is 15.9. The summed E-state index contributed by atoms with van der Waals surface area (Å²) in [5.74, 6) is 0. The lowest BCUT2D eigenvalue weighted by Gasteiger charge is -2.43. The van der Waals surface area contributed by atoms with Crippen LogP contribution in [-0.2, 0) is 27.1 Å². The second-order valence-corrected chi connectivity index (χ2v) is 26.2. The van der Waals surface area contributed by atoms with Crippen LogP contribution in [0.25, 0.3) is 81.0 Å². The van der Waals surface area contributed by atoms with Crippen LogP contribution >= 0.6 is 11.3 Å². The zero-order valence-electron chi connectivity index (χ0n) is 42.5. The van der Waals surface area contributed by atoms with E-state index < -0.39 is 0 Å². The molecule has 0 saturated heterocycles.